The predicted octanol–water partition coefficient (Wildman–Crippen LogP) is 3.14. The number of para-hydroxylation sites is 1. The van der Waals surface area contributed by atoms with E-state index in [0.717, 1.165) is 15.8 Å². The predicted molar refractivity (Wildman–Crippen MR) is 89.6 cm³/mol. The lowest BCUT2D eigenvalue weighted by Crippen LogP contribution is -2.42. The van der Waals surface area contributed by atoms with Gasteiger partial charge in [0.25, 0.3) is 5.91 Å². The lowest BCUT2D eigenvalue weighted by molar-refractivity contribution is -0.144. The third kappa shape index (κ3) is 3.67. The maximum atomic E-state index is 13.8. The van der Waals surface area contributed by atoms with Crippen LogP contribution in [0.2, 0.25) is 0 Å². The summed E-state index contributed by atoms with van der Waals surface area (Å²) >= 11 is 0. The van der Waals surface area contributed by atoms with Crippen LogP contribution in [0.15, 0.2) is 30.5 Å². The van der Waals surface area contributed by atoms with Crippen molar-refractivity contribution in [2.75, 3.05) is 13.1 Å². The molecule has 2 aromatic rings. The number of benzene rings is 1. The second-order valence-electron chi connectivity index (χ2n) is 6.53. The van der Waals surface area contributed by atoms with Gasteiger partial charge < -0.3 is 10.0 Å². The topological polar surface area (TPSA) is 75.4 Å². The average Bonchev–Trinajstić information content (AvgIpc) is 3.06. The van der Waals surface area contributed by atoms with E-state index < -0.39 is 35.2 Å². The van der Waals surface area contributed by atoms with Crippen molar-refractivity contribution >= 4 is 11.9 Å². The number of likely N-dealkylation sites (tertiary alicyclic amines) is 1. The van der Waals surface area contributed by atoms with Crippen molar-refractivity contribution in [2.45, 2.75) is 25.9 Å². The van der Waals surface area contributed by atoms with E-state index in [1.807, 2.05) is 0 Å². The van der Waals surface area contributed by atoms with E-state index in [4.69, 9.17) is 5.11 Å². The van der Waals surface area contributed by atoms with Crippen LogP contribution in [0.5, 0.6) is 0 Å². The minimum Gasteiger partial charge on any atom is -0.481 e. The Labute approximate surface area is 153 Å². The second-order valence-corrected chi connectivity index (χ2v) is 6.53. The molecular weight excluding hydrogens is 363 g/mol. The molecule has 1 N–H and O–H groups in total. The van der Waals surface area contributed by atoms with Crippen molar-refractivity contribution < 1.29 is 27.9 Å². The van der Waals surface area contributed by atoms with Crippen LogP contribution in [0.3, 0.4) is 0 Å². The molecule has 2 heterocycles. The maximum Gasteiger partial charge on any atom is 0.434 e. The number of carbonyl (C=O) groups excluding carboxylic acids is 1. The summed E-state index contributed by atoms with van der Waals surface area (Å²) in [6, 6.07) is 6.43. The number of carbonyl (C=O) groups is 2. The fraction of sp³-hybridized carbons (Fsp3) is 0.389. The first-order chi connectivity index (χ1) is 12.7. The van der Waals surface area contributed by atoms with Gasteiger partial charge in [-0.25, -0.2) is 4.68 Å². The van der Waals surface area contributed by atoms with Gasteiger partial charge in [0.05, 0.1) is 23.4 Å². The first-order valence-corrected chi connectivity index (χ1v) is 8.43. The second kappa shape index (κ2) is 7.05. The standard InChI is InChI=1S/C18H18F3N3O3/c1-11-5-2-3-7-14(11)24-15(18(19,20)21)13(9-22-24)16(25)23-8-4-6-12(10-23)17(26)27/h2-3,5,7,9,12H,4,6,8,10H2,1H3,(H,26,27)/t12-/m0/s1. The van der Waals surface area contributed by atoms with Gasteiger partial charge in [-0.1, -0.05) is 18.2 Å². The van der Waals surface area contributed by atoms with Crippen LogP contribution in [-0.4, -0.2) is 44.8 Å². The molecule has 1 aliphatic heterocycles. The van der Waals surface area contributed by atoms with Crippen molar-refractivity contribution in [2.24, 2.45) is 5.92 Å². The van der Waals surface area contributed by atoms with Gasteiger partial charge in [-0.2, -0.15) is 18.3 Å². The smallest absolute Gasteiger partial charge is 0.434 e. The van der Waals surface area contributed by atoms with E-state index in [2.05, 4.69) is 5.10 Å². The van der Waals surface area contributed by atoms with Gasteiger partial charge in [-0.3, -0.25) is 9.59 Å². The third-order valence-corrected chi connectivity index (χ3v) is 4.67. The molecule has 1 atom stereocenters. The zero-order valence-corrected chi connectivity index (χ0v) is 14.5. The summed E-state index contributed by atoms with van der Waals surface area (Å²) < 4.78 is 42.0. The van der Waals surface area contributed by atoms with Crippen LogP contribution in [0.25, 0.3) is 5.69 Å². The minimum absolute atomic E-state index is 0.110. The average molecular weight is 381 g/mol. The summed E-state index contributed by atoms with van der Waals surface area (Å²) in [6.45, 7) is 1.76. The molecule has 1 amide bonds. The van der Waals surface area contributed by atoms with E-state index in [0.29, 0.717) is 18.4 Å². The number of aryl methyl sites for hydroxylation is 1. The Balaban J connectivity index is 2.02. The number of halogens is 3. The molecule has 0 aliphatic carbocycles. The van der Waals surface area contributed by atoms with Crippen molar-refractivity contribution in [3.05, 3.63) is 47.3 Å². The largest absolute Gasteiger partial charge is 0.481 e. The number of hydrogen-bond donors (Lipinski definition) is 1. The minimum atomic E-state index is -4.80. The summed E-state index contributed by atoms with van der Waals surface area (Å²) in [5.74, 6) is -2.68. The van der Waals surface area contributed by atoms with Crippen LogP contribution in [0.4, 0.5) is 13.2 Å². The Kier molecular flexibility index (Phi) is 4.95. The molecule has 0 unspecified atom stereocenters. The summed E-state index contributed by atoms with van der Waals surface area (Å²) in [5.41, 5.74) is -0.920. The molecule has 9 heteroatoms. The summed E-state index contributed by atoms with van der Waals surface area (Å²) in [5, 5.41) is 13.0. The molecule has 1 aliphatic rings. The fourth-order valence-electron chi connectivity index (χ4n) is 3.29. The van der Waals surface area contributed by atoms with E-state index in [1.54, 1.807) is 25.1 Å². The van der Waals surface area contributed by atoms with Gasteiger partial charge in [0.2, 0.25) is 0 Å². The van der Waals surface area contributed by atoms with Gasteiger partial charge in [0, 0.05) is 13.1 Å². The Hall–Kier alpha value is -2.84. The van der Waals surface area contributed by atoms with Crippen LogP contribution in [0, 0.1) is 12.8 Å². The number of carboxylic acid groups (broad SMARTS) is 1. The molecule has 144 valence electrons. The quantitative estimate of drug-likeness (QED) is 0.886. The van der Waals surface area contributed by atoms with Crippen LogP contribution in [-0.2, 0) is 11.0 Å². The van der Waals surface area contributed by atoms with Crippen molar-refractivity contribution in [3.8, 4) is 5.69 Å². The number of aliphatic carboxylic acids is 1. The van der Waals surface area contributed by atoms with E-state index >= 15 is 0 Å². The number of aromatic nitrogens is 2. The molecule has 1 fully saturated rings. The highest BCUT2D eigenvalue weighted by atomic mass is 19.4. The summed E-state index contributed by atoms with van der Waals surface area (Å²) in [6.07, 6.45) is -3.07. The Morgan fingerprint density at radius 2 is 1.96 bits per heavy atom. The fourth-order valence-corrected chi connectivity index (χ4v) is 3.29. The molecule has 27 heavy (non-hydrogen) atoms. The Bertz CT molecular complexity index is 876. The van der Waals surface area contributed by atoms with Crippen LogP contribution >= 0.6 is 0 Å². The Morgan fingerprint density at radius 3 is 2.59 bits per heavy atom. The monoisotopic (exact) mass is 381 g/mol. The number of amides is 1. The maximum absolute atomic E-state index is 13.8. The molecular formula is C18H18F3N3O3. The highest BCUT2D eigenvalue weighted by molar-refractivity contribution is 5.96. The molecule has 0 radical (unpaired) electrons. The Morgan fingerprint density at radius 1 is 1.26 bits per heavy atom. The van der Waals surface area contributed by atoms with Crippen LogP contribution in [0.1, 0.15) is 34.5 Å². The van der Waals surface area contributed by atoms with E-state index in [1.165, 1.54) is 6.07 Å². The molecule has 1 aromatic carbocycles. The molecule has 6 nitrogen and oxygen atoms in total. The zero-order valence-electron chi connectivity index (χ0n) is 14.5. The van der Waals surface area contributed by atoms with Crippen LogP contribution < -0.4 is 0 Å². The SMILES string of the molecule is Cc1ccccc1-n1ncc(C(=O)N2CCC[C@H](C(=O)O)C2)c1C(F)(F)F. The first kappa shape index (κ1) is 18.9. The highest BCUT2D eigenvalue weighted by Crippen LogP contribution is 2.35. The zero-order chi connectivity index (χ0) is 19.8. The molecule has 1 saturated heterocycles. The molecule has 0 spiro atoms. The number of alkyl halides is 3. The number of nitrogens with zero attached hydrogens (tertiary/aromatic N) is 3. The lowest BCUT2D eigenvalue weighted by atomic mass is 9.97. The molecule has 3 rings (SSSR count). The first-order valence-electron chi connectivity index (χ1n) is 8.43. The van der Waals surface area contributed by atoms with Gasteiger partial charge in [-0.05, 0) is 31.4 Å². The van der Waals surface area contributed by atoms with Gasteiger partial charge in [0.1, 0.15) is 0 Å². The normalized spacial score (nSPS) is 17.8. The third-order valence-electron chi connectivity index (χ3n) is 4.67. The lowest BCUT2D eigenvalue weighted by Gasteiger charge is -2.30. The van der Waals surface area contributed by atoms with Crippen molar-refractivity contribution in [1.82, 2.24) is 14.7 Å². The number of piperidine rings is 1. The number of hydrogen-bond acceptors (Lipinski definition) is 3. The van der Waals surface area contributed by atoms with Gasteiger partial charge in [-0.15, -0.1) is 0 Å². The van der Waals surface area contributed by atoms with E-state index in [-0.39, 0.29) is 18.8 Å². The van der Waals surface area contributed by atoms with Crippen molar-refractivity contribution in [1.29, 1.82) is 0 Å². The molecule has 0 saturated carbocycles. The molecule has 1 aromatic heterocycles. The highest BCUT2D eigenvalue weighted by Gasteiger charge is 2.42. The number of carboxylic acids is 1. The van der Waals surface area contributed by atoms with Gasteiger partial charge in [0.15, 0.2) is 5.69 Å². The molecule has 0 bridgehead atoms. The summed E-state index contributed by atoms with van der Waals surface area (Å²) in [4.78, 5) is 25.1. The van der Waals surface area contributed by atoms with Gasteiger partial charge >= 0.3 is 12.1 Å². The van der Waals surface area contributed by atoms with E-state index in [9.17, 15) is 22.8 Å². The van der Waals surface area contributed by atoms with Crippen molar-refractivity contribution in [3.63, 3.8) is 0 Å². The summed E-state index contributed by atoms with van der Waals surface area (Å²) in [7, 11) is 0. The number of rotatable bonds is 3.